The second kappa shape index (κ2) is 7.79. The Balaban J connectivity index is 1.85. The van der Waals surface area contributed by atoms with Gasteiger partial charge in [0.2, 0.25) is 5.91 Å². The highest BCUT2D eigenvalue weighted by Gasteiger charge is 2.26. The minimum absolute atomic E-state index is 0.0140. The highest BCUT2D eigenvalue weighted by Crippen LogP contribution is 2.13. The maximum atomic E-state index is 12.0. The van der Waals surface area contributed by atoms with E-state index < -0.39 is 6.10 Å². The lowest BCUT2D eigenvalue weighted by atomic mass is 10.2. The molecule has 2 N–H and O–H groups in total. The lowest BCUT2D eigenvalue weighted by Gasteiger charge is -2.21. The minimum Gasteiger partial charge on any atom is -0.497 e. The summed E-state index contributed by atoms with van der Waals surface area (Å²) in [5.41, 5.74) is 0.926. The second-order valence-electron chi connectivity index (χ2n) is 5.40. The van der Waals surface area contributed by atoms with Gasteiger partial charge in [0.25, 0.3) is 5.91 Å². The van der Waals surface area contributed by atoms with E-state index in [-0.39, 0.29) is 18.4 Å². The van der Waals surface area contributed by atoms with Gasteiger partial charge in [-0.3, -0.25) is 9.59 Å². The summed E-state index contributed by atoms with van der Waals surface area (Å²) in [5, 5.41) is 12.5. The summed E-state index contributed by atoms with van der Waals surface area (Å²) in [6.45, 7) is 0.878. The van der Waals surface area contributed by atoms with E-state index in [0.717, 1.165) is 24.2 Å². The molecule has 0 spiro atoms. The zero-order valence-electron chi connectivity index (χ0n) is 12.7. The Morgan fingerprint density at radius 3 is 3.05 bits per heavy atom. The summed E-state index contributed by atoms with van der Waals surface area (Å²) in [4.78, 5) is 25.3. The summed E-state index contributed by atoms with van der Waals surface area (Å²) in [6, 6.07) is 7.43. The highest BCUT2D eigenvalue weighted by atomic mass is 16.5. The number of nitrogens with zero attached hydrogens (tertiary/aromatic N) is 1. The smallest absolute Gasteiger partial charge is 0.251 e. The van der Waals surface area contributed by atoms with Crippen LogP contribution in [0.25, 0.3) is 0 Å². The van der Waals surface area contributed by atoms with Gasteiger partial charge in [0, 0.05) is 13.1 Å². The maximum absolute atomic E-state index is 12.0. The molecule has 1 aromatic carbocycles. The standard InChI is InChI=1S/C16H22N2O4/c1-22-13-6-4-5-12(9-13)10-17-15(20)11-18-8-3-2-7-14(19)16(18)21/h4-6,9,14,19H,2-3,7-8,10-11H2,1H3,(H,17,20). The molecule has 0 aliphatic carbocycles. The molecule has 0 aromatic heterocycles. The first kappa shape index (κ1) is 16.3. The van der Waals surface area contributed by atoms with Crippen LogP contribution in [0.2, 0.25) is 0 Å². The van der Waals surface area contributed by atoms with E-state index in [9.17, 15) is 14.7 Å². The number of methoxy groups -OCH3 is 1. The number of hydrogen-bond donors (Lipinski definition) is 2. The third-order valence-electron chi connectivity index (χ3n) is 3.71. The van der Waals surface area contributed by atoms with Crippen LogP contribution in [0.1, 0.15) is 24.8 Å². The van der Waals surface area contributed by atoms with Gasteiger partial charge in [-0.2, -0.15) is 0 Å². The number of carbonyl (C=O) groups is 2. The average molecular weight is 306 g/mol. The number of aliphatic hydroxyl groups is 1. The molecule has 1 heterocycles. The molecule has 1 atom stereocenters. The predicted molar refractivity (Wildman–Crippen MR) is 81.3 cm³/mol. The van der Waals surface area contributed by atoms with Crippen LogP contribution >= 0.6 is 0 Å². The molecule has 2 rings (SSSR count). The molecule has 1 saturated heterocycles. The Kier molecular flexibility index (Phi) is 5.77. The monoisotopic (exact) mass is 306 g/mol. The molecule has 1 unspecified atom stereocenters. The summed E-state index contributed by atoms with van der Waals surface area (Å²) >= 11 is 0. The van der Waals surface area contributed by atoms with Crippen molar-refractivity contribution in [3.63, 3.8) is 0 Å². The molecule has 22 heavy (non-hydrogen) atoms. The van der Waals surface area contributed by atoms with Crippen LogP contribution in [0.15, 0.2) is 24.3 Å². The molecule has 6 heteroatoms. The predicted octanol–water partition coefficient (Wildman–Crippen LogP) is 0.685. The van der Waals surface area contributed by atoms with E-state index in [2.05, 4.69) is 5.32 Å². The molecule has 6 nitrogen and oxygen atoms in total. The Morgan fingerprint density at radius 2 is 2.27 bits per heavy atom. The van der Waals surface area contributed by atoms with Crippen LogP contribution in [0, 0.1) is 0 Å². The van der Waals surface area contributed by atoms with E-state index in [0.29, 0.717) is 19.5 Å². The summed E-state index contributed by atoms with van der Waals surface area (Å²) in [5.74, 6) is 0.150. The van der Waals surface area contributed by atoms with Crippen LogP contribution in [-0.2, 0) is 16.1 Å². The van der Waals surface area contributed by atoms with Gasteiger partial charge in [0.1, 0.15) is 11.9 Å². The topological polar surface area (TPSA) is 78.9 Å². The number of nitrogens with one attached hydrogen (secondary N) is 1. The molecular weight excluding hydrogens is 284 g/mol. The normalized spacial score (nSPS) is 18.7. The molecule has 0 bridgehead atoms. The van der Waals surface area contributed by atoms with Gasteiger partial charge in [-0.25, -0.2) is 0 Å². The Labute approximate surface area is 130 Å². The highest BCUT2D eigenvalue weighted by molar-refractivity contribution is 5.87. The van der Waals surface area contributed by atoms with Crippen LogP contribution in [0.4, 0.5) is 0 Å². The van der Waals surface area contributed by atoms with Crippen molar-refractivity contribution in [2.45, 2.75) is 31.9 Å². The van der Waals surface area contributed by atoms with Crippen LogP contribution in [-0.4, -0.2) is 48.1 Å². The van der Waals surface area contributed by atoms with Gasteiger partial charge in [-0.1, -0.05) is 12.1 Å². The number of hydrogen-bond acceptors (Lipinski definition) is 4. The van der Waals surface area contributed by atoms with Crippen LogP contribution < -0.4 is 10.1 Å². The van der Waals surface area contributed by atoms with Crippen molar-refractivity contribution in [1.29, 1.82) is 0 Å². The zero-order chi connectivity index (χ0) is 15.9. The van der Waals surface area contributed by atoms with Crippen molar-refractivity contribution in [3.8, 4) is 5.75 Å². The quantitative estimate of drug-likeness (QED) is 0.839. The number of rotatable bonds is 5. The zero-order valence-corrected chi connectivity index (χ0v) is 12.7. The number of aliphatic hydroxyl groups excluding tert-OH is 1. The molecule has 1 aromatic rings. The SMILES string of the molecule is COc1cccc(CNC(=O)CN2CCCCC(O)C2=O)c1. The summed E-state index contributed by atoms with van der Waals surface area (Å²) < 4.78 is 5.13. The van der Waals surface area contributed by atoms with Crippen molar-refractivity contribution < 1.29 is 19.4 Å². The first-order valence-corrected chi connectivity index (χ1v) is 7.46. The third-order valence-corrected chi connectivity index (χ3v) is 3.71. The molecule has 1 aliphatic rings. The number of ether oxygens (including phenoxy) is 1. The maximum Gasteiger partial charge on any atom is 0.251 e. The Hall–Kier alpha value is -2.08. The van der Waals surface area contributed by atoms with Crippen molar-refractivity contribution in [1.82, 2.24) is 10.2 Å². The molecule has 1 aliphatic heterocycles. The fourth-order valence-corrected chi connectivity index (χ4v) is 2.45. The second-order valence-corrected chi connectivity index (χ2v) is 5.40. The molecule has 2 amide bonds. The van der Waals surface area contributed by atoms with Crippen molar-refractivity contribution in [2.24, 2.45) is 0 Å². The number of amides is 2. The summed E-state index contributed by atoms with van der Waals surface area (Å²) in [7, 11) is 1.59. The molecule has 0 saturated carbocycles. The van der Waals surface area contributed by atoms with Crippen molar-refractivity contribution in [2.75, 3.05) is 20.2 Å². The average Bonchev–Trinajstić information content (AvgIpc) is 2.69. The van der Waals surface area contributed by atoms with E-state index in [1.54, 1.807) is 7.11 Å². The lowest BCUT2D eigenvalue weighted by Crippen LogP contribution is -2.44. The lowest BCUT2D eigenvalue weighted by molar-refractivity contribution is -0.142. The number of benzene rings is 1. The first-order chi connectivity index (χ1) is 10.6. The van der Waals surface area contributed by atoms with Gasteiger partial charge in [-0.05, 0) is 37.0 Å². The largest absolute Gasteiger partial charge is 0.497 e. The Bertz CT molecular complexity index is 533. The van der Waals surface area contributed by atoms with E-state index in [4.69, 9.17) is 4.74 Å². The third kappa shape index (κ3) is 4.46. The van der Waals surface area contributed by atoms with Crippen LogP contribution in [0.3, 0.4) is 0 Å². The number of carbonyl (C=O) groups excluding carboxylic acids is 2. The van der Waals surface area contributed by atoms with Gasteiger partial charge in [0.15, 0.2) is 0 Å². The Morgan fingerprint density at radius 1 is 1.45 bits per heavy atom. The fraction of sp³-hybridized carbons (Fsp3) is 0.500. The van der Waals surface area contributed by atoms with Crippen molar-refractivity contribution in [3.05, 3.63) is 29.8 Å². The van der Waals surface area contributed by atoms with E-state index >= 15 is 0 Å². The summed E-state index contributed by atoms with van der Waals surface area (Å²) in [6.07, 6.45) is 1.11. The van der Waals surface area contributed by atoms with Gasteiger partial charge in [0.05, 0.1) is 13.7 Å². The fourth-order valence-electron chi connectivity index (χ4n) is 2.45. The van der Waals surface area contributed by atoms with Gasteiger partial charge >= 0.3 is 0 Å². The first-order valence-electron chi connectivity index (χ1n) is 7.46. The van der Waals surface area contributed by atoms with Gasteiger partial charge < -0.3 is 20.1 Å². The molecular formula is C16H22N2O4. The number of likely N-dealkylation sites (tertiary alicyclic amines) is 1. The minimum atomic E-state index is -0.978. The molecule has 0 radical (unpaired) electrons. The van der Waals surface area contributed by atoms with Gasteiger partial charge in [-0.15, -0.1) is 0 Å². The van der Waals surface area contributed by atoms with Crippen molar-refractivity contribution >= 4 is 11.8 Å². The molecule has 120 valence electrons. The van der Waals surface area contributed by atoms with E-state index in [1.165, 1.54) is 4.90 Å². The van der Waals surface area contributed by atoms with Crippen LogP contribution in [0.5, 0.6) is 5.75 Å². The molecule has 1 fully saturated rings. The van der Waals surface area contributed by atoms with E-state index in [1.807, 2.05) is 24.3 Å².